The molecule has 426 valence electrons. The van der Waals surface area contributed by atoms with Crippen LogP contribution in [0.25, 0.3) is 10.4 Å². The van der Waals surface area contributed by atoms with E-state index in [9.17, 15) is 37.5 Å². The number of anilines is 5. The van der Waals surface area contributed by atoms with Gasteiger partial charge in [0.25, 0.3) is 5.91 Å². The maximum atomic E-state index is 14.1. The molecule has 4 unspecified atom stereocenters. The van der Waals surface area contributed by atoms with E-state index in [0.29, 0.717) is 24.3 Å². The highest BCUT2D eigenvalue weighted by molar-refractivity contribution is 7.13. The van der Waals surface area contributed by atoms with Crippen LogP contribution in [0.1, 0.15) is 125 Å². The van der Waals surface area contributed by atoms with Crippen molar-refractivity contribution in [2.24, 2.45) is 5.41 Å². The third-order valence-corrected chi connectivity index (χ3v) is 15.7. The van der Waals surface area contributed by atoms with Crippen LogP contribution in [-0.4, -0.2) is 120 Å². The van der Waals surface area contributed by atoms with Crippen molar-refractivity contribution < 1.29 is 42.2 Å². The van der Waals surface area contributed by atoms with E-state index < -0.39 is 41.2 Å². The Bertz CT molecular complexity index is 2850. The van der Waals surface area contributed by atoms with Crippen LogP contribution >= 0.6 is 11.3 Å². The van der Waals surface area contributed by atoms with E-state index in [2.05, 4.69) is 46.4 Å². The Kier molecular flexibility index (Phi) is 20.8. The van der Waals surface area contributed by atoms with Crippen LogP contribution in [0.15, 0.2) is 84.5 Å². The van der Waals surface area contributed by atoms with Gasteiger partial charge in [0.15, 0.2) is 0 Å². The van der Waals surface area contributed by atoms with E-state index in [1.165, 1.54) is 30.1 Å². The smallest absolute Gasteiger partial charge is 0.419 e. The van der Waals surface area contributed by atoms with Crippen molar-refractivity contribution in [1.82, 2.24) is 35.7 Å². The minimum atomic E-state index is -4.70. The Labute approximate surface area is 466 Å². The molecule has 0 saturated carbocycles. The second-order valence-corrected chi connectivity index (χ2v) is 22.5. The SMILES string of the molecule is CNC(=O)c1ccccc1Nc1cc(Nc2ccc(N3CCN(CCCCCCCCCCC(=O)NC(C(=O)N4CC(O)CC4C(=O)NC(C)c4ccc(-c5scnc5C)cc4)C(C)(C)C)CC3)cc2OC)ncc1C(F)(F)F. The van der Waals surface area contributed by atoms with E-state index in [1.54, 1.807) is 30.6 Å². The van der Waals surface area contributed by atoms with Gasteiger partial charge in [-0.1, -0.05) is 95.7 Å². The number of aromatic nitrogens is 2. The van der Waals surface area contributed by atoms with Crippen LogP contribution in [0.5, 0.6) is 5.75 Å². The molecule has 4 amide bonds. The number of hydrogen-bond acceptors (Lipinski definition) is 13. The molecule has 2 fully saturated rings. The van der Waals surface area contributed by atoms with Gasteiger partial charge in [-0.05, 0) is 74.0 Å². The number of rotatable bonds is 24. The molecule has 2 aliphatic rings. The fourth-order valence-corrected chi connectivity index (χ4v) is 11.0. The molecule has 0 spiro atoms. The number of thiazole rings is 1. The van der Waals surface area contributed by atoms with Gasteiger partial charge in [0, 0.05) is 76.6 Å². The molecule has 5 aromatic rings. The van der Waals surface area contributed by atoms with Crippen LogP contribution in [-0.2, 0) is 20.6 Å². The minimum absolute atomic E-state index is 0.0192. The number of aliphatic hydroxyl groups excluding tert-OH is 1. The number of β-amino-alcohol motifs (C(OH)–C–C–N with tert-alkyl or cyclic N) is 1. The highest BCUT2D eigenvalue weighted by Gasteiger charge is 2.45. The summed E-state index contributed by atoms with van der Waals surface area (Å²) in [6, 6.07) is 19.2. The third kappa shape index (κ3) is 16.2. The van der Waals surface area contributed by atoms with E-state index in [1.807, 2.05) is 82.6 Å². The summed E-state index contributed by atoms with van der Waals surface area (Å²) < 4.78 is 48.0. The molecule has 0 bridgehead atoms. The number of aliphatic hydroxyl groups is 1. The number of piperazine rings is 1. The normalized spacial score (nSPS) is 16.7. The summed E-state index contributed by atoms with van der Waals surface area (Å²) in [4.78, 5) is 69.3. The van der Waals surface area contributed by atoms with Crippen LogP contribution in [0.4, 0.5) is 41.7 Å². The zero-order valence-electron chi connectivity index (χ0n) is 46.5. The third-order valence-electron chi connectivity index (χ3n) is 14.8. The number of amides is 4. The van der Waals surface area contributed by atoms with E-state index in [0.717, 1.165) is 111 Å². The molecule has 4 heterocycles. The summed E-state index contributed by atoms with van der Waals surface area (Å²) in [6.45, 7) is 14.1. The molecule has 0 radical (unpaired) electrons. The number of alkyl halides is 3. The van der Waals surface area contributed by atoms with Gasteiger partial charge >= 0.3 is 6.18 Å². The van der Waals surface area contributed by atoms with E-state index in [4.69, 9.17) is 4.74 Å². The lowest BCUT2D eigenvalue weighted by Crippen LogP contribution is -2.57. The molecule has 7 rings (SSSR count). The molecule has 79 heavy (non-hydrogen) atoms. The summed E-state index contributed by atoms with van der Waals surface area (Å²) in [7, 11) is 2.99. The first-order valence-electron chi connectivity index (χ1n) is 27.4. The lowest BCUT2D eigenvalue weighted by atomic mass is 9.85. The van der Waals surface area contributed by atoms with Crippen molar-refractivity contribution in [1.29, 1.82) is 0 Å². The van der Waals surface area contributed by atoms with Gasteiger partial charge in [0.05, 0.1) is 63.5 Å². The number of nitrogens with one attached hydrogen (secondary N) is 5. The number of benzene rings is 3. The number of likely N-dealkylation sites (tertiary alicyclic amines) is 1. The topological polar surface area (TPSA) is 193 Å². The second-order valence-electron chi connectivity index (χ2n) is 21.7. The van der Waals surface area contributed by atoms with Crippen molar-refractivity contribution in [3.8, 4) is 16.2 Å². The van der Waals surface area contributed by atoms with Gasteiger partial charge in [-0.15, -0.1) is 11.3 Å². The van der Waals surface area contributed by atoms with E-state index in [-0.39, 0.29) is 59.5 Å². The lowest BCUT2D eigenvalue weighted by Gasteiger charge is -2.36. The summed E-state index contributed by atoms with van der Waals surface area (Å²) in [5.74, 6) is -0.687. The maximum absolute atomic E-state index is 14.1. The summed E-state index contributed by atoms with van der Waals surface area (Å²) in [6.07, 6.45) is 3.90. The number of ether oxygens (including phenoxy) is 1. The average molecular weight is 1110 g/mol. The number of methoxy groups -OCH3 is 1. The lowest BCUT2D eigenvalue weighted by molar-refractivity contribution is -0.144. The molecule has 6 N–H and O–H groups in total. The monoisotopic (exact) mass is 1110 g/mol. The van der Waals surface area contributed by atoms with Gasteiger partial charge in [-0.25, -0.2) is 9.97 Å². The van der Waals surface area contributed by atoms with Crippen molar-refractivity contribution in [3.63, 3.8) is 0 Å². The predicted molar refractivity (Wildman–Crippen MR) is 305 cm³/mol. The van der Waals surface area contributed by atoms with Crippen LogP contribution < -0.4 is 36.2 Å². The molecule has 4 atom stereocenters. The molecule has 16 nitrogen and oxygen atoms in total. The molecular formula is C59H77F3N10O6S. The van der Waals surface area contributed by atoms with Gasteiger partial charge < -0.3 is 46.2 Å². The molecule has 2 saturated heterocycles. The number of hydrogen-bond donors (Lipinski definition) is 6. The van der Waals surface area contributed by atoms with Crippen molar-refractivity contribution in [2.45, 2.75) is 129 Å². The number of halogens is 3. The number of pyridine rings is 1. The summed E-state index contributed by atoms with van der Waals surface area (Å²) >= 11 is 1.58. The van der Waals surface area contributed by atoms with E-state index >= 15 is 0 Å². The van der Waals surface area contributed by atoms with Crippen molar-refractivity contribution in [2.75, 3.05) is 69.0 Å². The number of aryl methyl sites for hydroxylation is 1. The quantitative estimate of drug-likeness (QED) is 0.0321. The minimum Gasteiger partial charge on any atom is -0.494 e. The van der Waals surface area contributed by atoms with Crippen molar-refractivity contribution >= 4 is 63.5 Å². The highest BCUT2D eigenvalue weighted by Crippen LogP contribution is 2.39. The van der Waals surface area contributed by atoms with Crippen LogP contribution in [0, 0.1) is 12.3 Å². The largest absolute Gasteiger partial charge is 0.494 e. The number of para-hydroxylation sites is 1. The van der Waals surface area contributed by atoms with Crippen LogP contribution in [0.3, 0.4) is 0 Å². The fraction of sp³-hybridized carbons (Fsp3) is 0.492. The molecule has 2 aliphatic heterocycles. The maximum Gasteiger partial charge on any atom is 0.419 e. The molecule has 20 heteroatoms. The summed E-state index contributed by atoms with van der Waals surface area (Å²) in [5, 5.41) is 25.1. The Morgan fingerprint density at radius 3 is 2.15 bits per heavy atom. The second kappa shape index (κ2) is 27.4. The number of unbranched alkanes of at least 4 members (excludes halogenated alkanes) is 7. The number of carbonyl (C=O) groups excluding carboxylic acids is 4. The van der Waals surface area contributed by atoms with Gasteiger partial charge in [-0.3, -0.25) is 24.1 Å². The first kappa shape index (κ1) is 59.9. The van der Waals surface area contributed by atoms with Gasteiger partial charge in [0.1, 0.15) is 23.7 Å². The fourth-order valence-electron chi connectivity index (χ4n) is 10.2. The Morgan fingerprint density at radius 2 is 1.51 bits per heavy atom. The molecular weight excluding hydrogens is 1030 g/mol. The molecule has 0 aliphatic carbocycles. The number of carbonyl (C=O) groups is 4. The average Bonchev–Trinajstić information content (AvgIpc) is 4.10. The highest BCUT2D eigenvalue weighted by atomic mass is 32.1. The van der Waals surface area contributed by atoms with Crippen LogP contribution in [0.2, 0.25) is 0 Å². The molecule has 3 aromatic carbocycles. The zero-order chi connectivity index (χ0) is 56.9. The molecule has 2 aromatic heterocycles. The Hall–Kier alpha value is -6.77. The van der Waals surface area contributed by atoms with Crippen molar-refractivity contribution in [3.05, 3.63) is 107 Å². The first-order valence-corrected chi connectivity index (χ1v) is 28.3. The standard InChI is InChI=1S/C59H77F3N10O6S/c1-38(40-21-23-41(24-22-40)53-39(2)65-37-79-53)66-56(76)49-33-43(73)36-72(49)57(77)54(58(3,4)5)69-52(74)20-14-12-10-8-9-11-13-17-27-70-28-30-71(31-29-70)42-25-26-47(50(32-42)78-7)68-51-34-48(45(35-64-51)59(60,61)62)67-46-19-16-15-18-44(46)55(75)63-6/h15-16,18-19,21-26,32,34-35,37-38,43,49,54,73H,8-14,17,20,27-31,33,36H2,1-7H3,(H,63,75)(H,66,76)(H,69,74)(H2,64,67,68). The summed E-state index contributed by atoms with van der Waals surface area (Å²) in [5.41, 5.74) is 4.79. The first-order chi connectivity index (χ1) is 37.7. The zero-order valence-corrected chi connectivity index (χ0v) is 47.3. The predicted octanol–water partition coefficient (Wildman–Crippen LogP) is 10.4. The van der Waals surface area contributed by atoms with Gasteiger partial charge in [0.2, 0.25) is 17.7 Å². The number of nitrogens with zero attached hydrogens (tertiary/aromatic N) is 5. The Balaban J connectivity index is 0.780. The van der Waals surface area contributed by atoms with Gasteiger partial charge in [-0.2, -0.15) is 13.2 Å². The Morgan fingerprint density at radius 1 is 0.823 bits per heavy atom.